The van der Waals surface area contributed by atoms with Crippen LogP contribution in [0.3, 0.4) is 0 Å². The lowest BCUT2D eigenvalue weighted by Crippen LogP contribution is -2.47. The number of halogens is 2. The van der Waals surface area contributed by atoms with Gasteiger partial charge in [0.25, 0.3) is 5.91 Å². The molecule has 172 valence electrons. The maximum absolute atomic E-state index is 14.1. The SMILES string of the molecule is NC(=O)c1cn(CC(=O)N[C@@H](CC2CC2)C(=O)NCc2cccc(Cl)c2F)c2ccccc12. The van der Waals surface area contributed by atoms with Gasteiger partial charge in [0.15, 0.2) is 0 Å². The Morgan fingerprint density at radius 2 is 1.91 bits per heavy atom. The van der Waals surface area contributed by atoms with Crippen LogP contribution in [-0.2, 0) is 22.7 Å². The van der Waals surface area contributed by atoms with Gasteiger partial charge < -0.3 is 20.9 Å². The maximum Gasteiger partial charge on any atom is 0.250 e. The molecule has 3 aromatic rings. The number of primary amides is 1. The van der Waals surface area contributed by atoms with Crippen molar-refractivity contribution in [2.75, 3.05) is 0 Å². The van der Waals surface area contributed by atoms with Crippen LogP contribution in [0.15, 0.2) is 48.7 Å². The molecule has 1 aliphatic rings. The summed E-state index contributed by atoms with van der Waals surface area (Å²) < 4.78 is 15.8. The number of aromatic nitrogens is 1. The monoisotopic (exact) mass is 470 g/mol. The molecule has 7 nitrogen and oxygen atoms in total. The lowest BCUT2D eigenvalue weighted by molar-refractivity contribution is -0.129. The molecule has 2 aromatic carbocycles. The number of nitrogens with one attached hydrogen (secondary N) is 2. The number of nitrogens with zero attached hydrogens (tertiary/aromatic N) is 1. The van der Waals surface area contributed by atoms with Crippen molar-refractivity contribution in [2.45, 2.75) is 38.4 Å². The Morgan fingerprint density at radius 1 is 1.15 bits per heavy atom. The van der Waals surface area contributed by atoms with E-state index in [0.717, 1.165) is 12.8 Å². The predicted octanol–water partition coefficient (Wildman–Crippen LogP) is 3.13. The Balaban J connectivity index is 1.44. The quantitative estimate of drug-likeness (QED) is 0.447. The Kier molecular flexibility index (Phi) is 6.65. The third-order valence-corrected chi connectivity index (χ3v) is 6.06. The molecule has 33 heavy (non-hydrogen) atoms. The van der Waals surface area contributed by atoms with E-state index in [0.29, 0.717) is 28.8 Å². The average Bonchev–Trinajstić information content (AvgIpc) is 3.53. The Labute approximate surface area is 195 Å². The van der Waals surface area contributed by atoms with E-state index < -0.39 is 17.8 Å². The first kappa shape index (κ1) is 22.8. The summed E-state index contributed by atoms with van der Waals surface area (Å²) in [5.41, 5.74) is 6.76. The average molecular weight is 471 g/mol. The van der Waals surface area contributed by atoms with Gasteiger partial charge in [0, 0.05) is 29.2 Å². The number of nitrogens with two attached hydrogens (primary N) is 1. The molecule has 1 fully saturated rings. The number of hydrogen-bond donors (Lipinski definition) is 3. The minimum Gasteiger partial charge on any atom is -0.366 e. The molecule has 0 aliphatic heterocycles. The van der Waals surface area contributed by atoms with Crippen LogP contribution in [0.1, 0.15) is 35.2 Å². The molecule has 4 rings (SSSR count). The first-order valence-electron chi connectivity index (χ1n) is 10.7. The highest BCUT2D eigenvalue weighted by Gasteiger charge is 2.30. The number of rotatable bonds is 9. The van der Waals surface area contributed by atoms with E-state index >= 15 is 0 Å². The number of carbonyl (C=O) groups is 3. The number of hydrogen-bond acceptors (Lipinski definition) is 3. The summed E-state index contributed by atoms with van der Waals surface area (Å²) in [6.07, 6.45) is 4.07. The Morgan fingerprint density at radius 3 is 2.64 bits per heavy atom. The fourth-order valence-corrected chi connectivity index (χ4v) is 4.07. The fourth-order valence-electron chi connectivity index (χ4n) is 3.88. The van der Waals surface area contributed by atoms with Crippen molar-refractivity contribution in [2.24, 2.45) is 11.7 Å². The molecule has 1 heterocycles. The van der Waals surface area contributed by atoms with Crippen molar-refractivity contribution in [3.05, 3.63) is 70.6 Å². The second-order valence-corrected chi connectivity index (χ2v) is 8.69. The lowest BCUT2D eigenvalue weighted by atomic mass is 10.1. The summed E-state index contributed by atoms with van der Waals surface area (Å²) in [5.74, 6) is -1.54. The zero-order chi connectivity index (χ0) is 23.5. The molecule has 3 amide bonds. The third-order valence-electron chi connectivity index (χ3n) is 5.77. The molecule has 0 spiro atoms. The predicted molar refractivity (Wildman–Crippen MR) is 123 cm³/mol. The molecule has 1 saturated carbocycles. The van der Waals surface area contributed by atoms with Crippen molar-refractivity contribution >= 4 is 40.2 Å². The van der Waals surface area contributed by atoms with Gasteiger partial charge >= 0.3 is 0 Å². The zero-order valence-corrected chi connectivity index (χ0v) is 18.6. The smallest absolute Gasteiger partial charge is 0.250 e. The van der Waals surface area contributed by atoms with Crippen LogP contribution in [0.2, 0.25) is 5.02 Å². The normalized spacial score (nSPS) is 14.1. The Hall–Kier alpha value is -3.39. The number of fused-ring (bicyclic) bond motifs is 1. The molecular formula is C24H24ClFN4O3. The largest absolute Gasteiger partial charge is 0.366 e. The van der Waals surface area contributed by atoms with Gasteiger partial charge in [-0.1, -0.05) is 54.8 Å². The van der Waals surface area contributed by atoms with Gasteiger partial charge in [0.2, 0.25) is 11.8 Å². The Bertz CT molecular complexity index is 1220. The zero-order valence-electron chi connectivity index (χ0n) is 17.8. The molecule has 9 heteroatoms. The van der Waals surface area contributed by atoms with Crippen LogP contribution in [0.4, 0.5) is 4.39 Å². The lowest BCUT2D eigenvalue weighted by Gasteiger charge is -2.19. The van der Waals surface area contributed by atoms with Gasteiger partial charge in [0.1, 0.15) is 18.4 Å². The second kappa shape index (κ2) is 9.62. The summed E-state index contributed by atoms with van der Waals surface area (Å²) >= 11 is 5.80. The van der Waals surface area contributed by atoms with Crippen LogP contribution in [0.5, 0.6) is 0 Å². The van der Waals surface area contributed by atoms with E-state index in [-0.39, 0.29) is 35.5 Å². The van der Waals surface area contributed by atoms with E-state index in [1.54, 1.807) is 47.2 Å². The van der Waals surface area contributed by atoms with Crippen LogP contribution >= 0.6 is 11.6 Å². The molecule has 1 aromatic heterocycles. The summed E-state index contributed by atoms with van der Waals surface area (Å²) in [4.78, 5) is 37.4. The van der Waals surface area contributed by atoms with Crippen molar-refractivity contribution < 1.29 is 18.8 Å². The maximum atomic E-state index is 14.1. The first-order valence-corrected chi connectivity index (χ1v) is 11.1. The van der Waals surface area contributed by atoms with Crippen molar-refractivity contribution in [1.29, 1.82) is 0 Å². The van der Waals surface area contributed by atoms with E-state index in [9.17, 15) is 18.8 Å². The number of amides is 3. The third kappa shape index (κ3) is 5.34. The van der Waals surface area contributed by atoms with E-state index in [1.165, 1.54) is 6.07 Å². The van der Waals surface area contributed by atoms with Crippen LogP contribution in [-0.4, -0.2) is 28.3 Å². The van der Waals surface area contributed by atoms with E-state index in [2.05, 4.69) is 10.6 Å². The van der Waals surface area contributed by atoms with Crippen LogP contribution in [0.25, 0.3) is 10.9 Å². The molecule has 1 aliphatic carbocycles. The van der Waals surface area contributed by atoms with Crippen LogP contribution in [0, 0.1) is 11.7 Å². The van der Waals surface area contributed by atoms with Gasteiger partial charge in [-0.25, -0.2) is 4.39 Å². The summed E-state index contributed by atoms with van der Waals surface area (Å²) in [7, 11) is 0. The molecule has 0 bridgehead atoms. The van der Waals surface area contributed by atoms with Crippen molar-refractivity contribution in [1.82, 2.24) is 15.2 Å². The summed E-state index contributed by atoms with van der Waals surface area (Å²) in [6, 6.07) is 11.0. The molecule has 1 atom stereocenters. The summed E-state index contributed by atoms with van der Waals surface area (Å²) in [5, 5.41) is 6.14. The second-order valence-electron chi connectivity index (χ2n) is 8.28. The van der Waals surface area contributed by atoms with E-state index in [4.69, 9.17) is 17.3 Å². The van der Waals surface area contributed by atoms with Crippen molar-refractivity contribution in [3.63, 3.8) is 0 Å². The fraction of sp³-hybridized carbons (Fsp3) is 0.292. The first-order chi connectivity index (χ1) is 15.8. The molecule has 4 N–H and O–H groups in total. The van der Waals surface area contributed by atoms with Gasteiger partial charge in [-0.2, -0.15) is 0 Å². The number of carbonyl (C=O) groups excluding carboxylic acids is 3. The molecule has 0 unspecified atom stereocenters. The minimum absolute atomic E-state index is 0.0149. The minimum atomic E-state index is -0.746. The number of benzene rings is 2. The van der Waals surface area contributed by atoms with Gasteiger partial charge in [-0.15, -0.1) is 0 Å². The van der Waals surface area contributed by atoms with Crippen LogP contribution < -0.4 is 16.4 Å². The highest BCUT2D eigenvalue weighted by Crippen LogP contribution is 2.33. The molecule has 0 radical (unpaired) electrons. The molecular weight excluding hydrogens is 447 g/mol. The molecule has 0 saturated heterocycles. The van der Waals surface area contributed by atoms with E-state index in [1.807, 2.05) is 0 Å². The highest BCUT2D eigenvalue weighted by molar-refractivity contribution is 6.30. The van der Waals surface area contributed by atoms with Gasteiger partial charge in [0.05, 0.1) is 10.6 Å². The topological polar surface area (TPSA) is 106 Å². The number of para-hydroxylation sites is 1. The van der Waals surface area contributed by atoms with Gasteiger partial charge in [-0.3, -0.25) is 14.4 Å². The van der Waals surface area contributed by atoms with Crippen molar-refractivity contribution in [3.8, 4) is 0 Å². The highest BCUT2D eigenvalue weighted by atomic mass is 35.5. The van der Waals surface area contributed by atoms with Gasteiger partial charge in [-0.05, 0) is 24.5 Å². The standard InChI is InChI=1S/C24H24ClFN4O3/c25-18-6-3-4-15(22(18)26)11-28-24(33)19(10-14-8-9-14)29-21(31)13-30-12-17(23(27)32)16-5-1-2-7-20(16)30/h1-7,12,14,19H,8-11,13H2,(H2,27,32)(H,28,33)(H,29,31)/t19-/m0/s1. The summed E-state index contributed by atoms with van der Waals surface area (Å²) in [6.45, 7) is -0.113.